The zero-order chi connectivity index (χ0) is 33.4. The number of nitrogens with two attached hydrogens (primary N) is 1. The van der Waals surface area contributed by atoms with Crippen LogP contribution in [0.3, 0.4) is 0 Å². The molecule has 4 aromatic rings. The molecule has 1 saturated heterocycles. The molecule has 5 N–H and O–H groups in total. The van der Waals surface area contributed by atoms with Crippen LogP contribution < -0.4 is 20.1 Å². The number of rotatable bonds is 11. The van der Waals surface area contributed by atoms with Crippen LogP contribution in [0.15, 0.2) is 48.8 Å². The van der Waals surface area contributed by atoms with Gasteiger partial charge in [-0.3, -0.25) is 9.36 Å². The molecule has 1 aliphatic heterocycles. The Bertz CT molecular complexity index is 1770. The lowest BCUT2D eigenvalue weighted by atomic mass is 9.96. The van der Waals surface area contributed by atoms with Gasteiger partial charge in [-0.05, 0) is 42.5 Å². The van der Waals surface area contributed by atoms with E-state index in [1.54, 1.807) is 13.0 Å². The number of hydrogen-bond acceptors (Lipinski definition) is 13. The van der Waals surface area contributed by atoms with Gasteiger partial charge in [-0.15, -0.1) is 0 Å². The normalized spacial score (nSPS) is 23.7. The second-order valence-electron chi connectivity index (χ2n) is 12.5. The van der Waals surface area contributed by atoms with E-state index in [9.17, 15) is 15.0 Å². The summed E-state index contributed by atoms with van der Waals surface area (Å²) in [6.45, 7) is 5.25. The summed E-state index contributed by atoms with van der Waals surface area (Å²) >= 11 is 5.93. The van der Waals surface area contributed by atoms with Gasteiger partial charge in [0.15, 0.2) is 17.4 Å². The summed E-state index contributed by atoms with van der Waals surface area (Å²) in [4.78, 5) is 25.5. The van der Waals surface area contributed by atoms with Crippen molar-refractivity contribution in [3.63, 3.8) is 0 Å². The molecule has 16 heteroatoms. The molecule has 0 spiro atoms. The Morgan fingerprint density at radius 1 is 1.24 bits per heavy atom. The van der Waals surface area contributed by atoms with Crippen LogP contribution in [0.1, 0.15) is 40.8 Å². The molecule has 1 aliphatic rings. The molecule has 46 heavy (non-hydrogen) atoms. The lowest BCUT2D eigenvalue weighted by Crippen LogP contribution is -2.44. The van der Waals surface area contributed by atoms with Crippen LogP contribution in [-0.2, 0) is 30.6 Å². The van der Waals surface area contributed by atoms with Crippen molar-refractivity contribution in [3.8, 4) is 11.6 Å². The molecule has 1 unspecified atom stereocenters. The maximum atomic E-state index is 12.9. The van der Waals surface area contributed by atoms with Crippen molar-refractivity contribution >= 4 is 52.3 Å². The summed E-state index contributed by atoms with van der Waals surface area (Å²) in [5, 5.41) is 27.4. The third-order valence-corrected chi connectivity index (χ3v) is 9.82. The highest BCUT2D eigenvalue weighted by atomic mass is 32.5. The zero-order valence-electron chi connectivity index (χ0n) is 26.4. The molecule has 6 atom stereocenters. The third-order valence-electron chi connectivity index (χ3n) is 7.34. The minimum absolute atomic E-state index is 0.0725. The van der Waals surface area contributed by atoms with E-state index >= 15 is 0 Å². The number of aliphatic hydroxyl groups is 2. The van der Waals surface area contributed by atoms with E-state index in [4.69, 9.17) is 40.8 Å². The first kappa shape index (κ1) is 33.9. The lowest BCUT2D eigenvalue weighted by molar-refractivity contribution is -0.148. The van der Waals surface area contributed by atoms with Crippen LogP contribution >= 0.6 is 6.64 Å². The molecule has 3 heterocycles. The highest BCUT2D eigenvalue weighted by Crippen LogP contribution is 2.49. The fourth-order valence-corrected chi connectivity index (χ4v) is 7.39. The van der Waals surface area contributed by atoms with Gasteiger partial charge in [-0.1, -0.05) is 57.2 Å². The Hall–Kier alpha value is -3.43. The fourth-order valence-electron chi connectivity index (χ4n) is 4.97. The number of esters is 1. The fraction of sp³-hybridized carbons (Fsp3) is 0.467. The molecule has 0 amide bonds. The smallest absolute Gasteiger partial charge is 0.323 e. The maximum Gasteiger partial charge on any atom is 0.323 e. The number of hydrogen-bond donors (Lipinski definition) is 4. The number of aromatic nitrogens is 4. The molecular weight excluding hydrogens is 635 g/mol. The Kier molecular flexibility index (Phi) is 9.58. The number of nitrogens with zero attached hydrogens (tertiary/aromatic N) is 4. The predicted molar refractivity (Wildman–Crippen MR) is 175 cm³/mol. The van der Waals surface area contributed by atoms with Gasteiger partial charge in [0.05, 0.1) is 26.7 Å². The van der Waals surface area contributed by atoms with Gasteiger partial charge in [0.25, 0.3) is 0 Å². The van der Waals surface area contributed by atoms with E-state index < -0.39 is 42.7 Å². The number of imidazole rings is 1. The second kappa shape index (κ2) is 13.0. The van der Waals surface area contributed by atoms with Crippen LogP contribution in [0.5, 0.6) is 11.6 Å². The highest BCUT2D eigenvalue weighted by molar-refractivity contribution is 8.09. The van der Waals surface area contributed by atoms with Crippen molar-refractivity contribution in [2.24, 2.45) is 5.41 Å². The highest BCUT2D eigenvalue weighted by Gasteiger charge is 2.54. The van der Waals surface area contributed by atoms with Crippen LogP contribution in [0.25, 0.3) is 21.9 Å². The van der Waals surface area contributed by atoms with Crippen molar-refractivity contribution in [3.05, 3.63) is 48.8 Å². The maximum absolute atomic E-state index is 12.9. The number of anilines is 1. The van der Waals surface area contributed by atoms with Gasteiger partial charge in [-0.25, -0.2) is 10.1 Å². The van der Waals surface area contributed by atoms with E-state index in [0.29, 0.717) is 11.3 Å². The van der Waals surface area contributed by atoms with E-state index in [1.165, 1.54) is 24.9 Å². The number of carbonyl (C=O) groups is 1. The average molecular weight is 675 g/mol. The number of aliphatic hydroxyl groups excluding tert-OH is 1. The number of methoxy groups -OCH3 is 1. The van der Waals surface area contributed by atoms with Gasteiger partial charge in [-0.2, -0.15) is 9.97 Å². The molecule has 248 valence electrons. The molecule has 2 aromatic heterocycles. The average Bonchev–Trinajstić information content (AvgIpc) is 3.51. The number of ether oxygens (including phenoxy) is 3. The number of nitrogens with one attached hydrogen (secondary N) is 1. The van der Waals surface area contributed by atoms with Gasteiger partial charge < -0.3 is 39.2 Å². The largest absolute Gasteiger partial charge is 0.479 e. The van der Waals surface area contributed by atoms with Gasteiger partial charge in [0.1, 0.15) is 29.6 Å². The van der Waals surface area contributed by atoms with E-state index in [2.05, 4.69) is 20.0 Å². The molecular formula is C30H39N6O8PS. The van der Waals surface area contributed by atoms with E-state index in [-0.39, 0.29) is 36.1 Å². The Morgan fingerprint density at radius 2 is 1.96 bits per heavy atom. The Morgan fingerprint density at radius 3 is 2.67 bits per heavy atom. The van der Waals surface area contributed by atoms with Gasteiger partial charge in [0, 0.05) is 5.39 Å². The van der Waals surface area contributed by atoms with E-state index in [0.717, 1.165) is 10.8 Å². The van der Waals surface area contributed by atoms with Gasteiger partial charge >= 0.3 is 12.6 Å². The summed E-state index contributed by atoms with van der Waals surface area (Å²) < 4.78 is 30.9. The molecule has 5 rings (SSSR count). The lowest BCUT2D eigenvalue weighted by Gasteiger charge is -2.29. The Balaban J connectivity index is 1.40. The van der Waals surface area contributed by atoms with Crippen molar-refractivity contribution < 1.29 is 38.3 Å². The second-order valence-corrected chi connectivity index (χ2v) is 15.6. The summed E-state index contributed by atoms with van der Waals surface area (Å²) in [6.07, 6.45) is -2.29. The summed E-state index contributed by atoms with van der Waals surface area (Å²) in [7, 11) is 1.42. The van der Waals surface area contributed by atoms with E-state index in [1.807, 2.05) is 57.2 Å². The van der Waals surface area contributed by atoms with Crippen molar-refractivity contribution in [2.45, 2.75) is 64.7 Å². The van der Waals surface area contributed by atoms with Crippen molar-refractivity contribution in [2.75, 3.05) is 26.1 Å². The number of nitrogen functional groups attached to an aromatic ring is 1. The third kappa shape index (κ3) is 7.10. The minimum Gasteiger partial charge on any atom is -0.479 e. The SMILES string of the molecule is COc1nc(N)nc2c1ncn2[C@@H]1O[C@H](COP(=S)(N[C@@H](C)C(=O)OCC(C)(C)C)Oc2cccc3ccccc23)[C@@H](O)[C@@]1(C)O. The standard InChI is InChI=1S/C30H39N6O8PS/c1-17(26(38)41-15-29(2,3)4)35-45(46,44-20-13-9-11-18-10-7-8-12-19(18)20)42-14-21-23(37)30(5,39)27(43-21)36-16-32-22-24(36)33-28(31)34-25(22)40-6/h7-13,16-17,21,23,27,37,39H,14-15H2,1-6H3,(H,35,46)(H2,31,33,34)/t17-,21+,23+,27+,30+,45?/m0/s1. The monoisotopic (exact) mass is 674 g/mol. The van der Waals surface area contributed by atoms with Crippen LogP contribution in [0.4, 0.5) is 5.95 Å². The summed E-state index contributed by atoms with van der Waals surface area (Å²) in [6, 6.07) is 12.2. The summed E-state index contributed by atoms with van der Waals surface area (Å²) in [5.74, 6) is -0.0142. The van der Waals surface area contributed by atoms with Gasteiger partial charge in [0.2, 0.25) is 11.8 Å². The minimum atomic E-state index is -3.54. The molecule has 0 bridgehead atoms. The number of carbonyl (C=O) groups excluding carboxylic acids is 1. The predicted octanol–water partition coefficient (Wildman–Crippen LogP) is 3.47. The van der Waals surface area contributed by atoms with Crippen molar-refractivity contribution in [1.82, 2.24) is 24.6 Å². The first-order valence-corrected chi connectivity index (χ1v) is 17.2. The van der Waals surface area contributed by atoms with Crippen LogP contribution in [0, 0.1) is 5.41 Å². The molecule has 14 nitrogen and oxygen atoms in total. The molecule has 1 fully saturated rings. The number of benzene rings is 2. The van der Waals surface area contributed by atoms with Crippen LogP contribution in [-0.4, -0.2) is 79.9 Å². The zero-order valence-corrected chi connectivity index (χ0v) is 28.1. The summed E-state index contributed by atoms with van der Waals surface area (Å²) in [5.41, 5.74) is 4.33. The quantitative estimate of drug-likeness (QED) is 0.134. The molecule has 0 radical (unpaired) electrons. The molecule has 2 aromatic carbocycles. The number of fused-ring (bicyclic) bond motifs is 2. The molecule has 0 aliphatic carbocycles. The first-order valence-electron chi connectivity index (χ1n) is 14.6. The Labute approximate surface area is 271 Å². The van der Waals surface area contributed by atoms with Crippen molar-refractivity contribution in [1.29, 1.82) is 0 Å². The topological polar surface area (TPSA) is 185 Å². The first-order chi connectivity index (χ1) is 21.6. The van der Waals surface area contributed by atoms with Crippen LogP contribution in [0.2, 0.25) is 0 Å². The molecule has 0 saturated carbocycles.